The monoisotopic (exact) mass is 396 g/mol. The molecule has 1 amide bonds. The van der Waals surface area contributed by atoms with E-state index in [4.69, 9.17) is 16.3 Å². The van der Waals surface area contributed by atoms with E-state index in [0.717, 1.165) is 19.4 Å². The van der Waals surface area contributed by atoms with E-state index in [0.29, 0.717) is 22.3 Å². The number of nitrogens with one attached hydrogen (secondary N) is 2. The number of hydrogen-bond acceptors (Lipinski definition) is 5. The molecule has 144 valence electrons. The van der Waals surface area contributed by atoms with Gasteiger partial charge in [0.2, 0.25) is 0 Å². The maximum absolute atomic E-state index is 12.3. The summed E-state index contributed by atoms with van der Waals surface area (Å²) in [5.74, 6) is 0.823. The first-order valence-electron chi connectivity index (χ1n) is 8.90. The molecule has 7 heteroatoms. The summed E-state index contributed by atoms with van der Waals surface area (Å²) in [6.07, 6.45) is 4.97. The van der Waals surface area contributed by atoms with Crippen LogP contribution in [0.25, 0.3) is 0 Å². The highest BCUT2D eigenvalue weighted by Gasteiger charge is 2.10. The molecule has 0 aliphatic heterocycles. The molecular weight excluding hydrogens is 376 g/mol. The van der Waals surface area contributed by atoms with Gasteiger partial charge in [-0.25, -0.2) is 9.97 Å². The van der Waals surface area contributed by atoms with Gasteiger partial charge < -0.3 is 15.4 Å². The van der Waals surface area contributed by atoms with Crippen LogP contribution in [0.1, 0.15) is 22.5 Å². The van der Waals surface area contributed by atoms with Crippen molar-refractivity contribution in [2.24, 2.45) is 0 Å². The van der Waals surface area contributed by atoms with Gasteiger partial charge in [0.05, 0.1) is 24.5 Å². The molecule has 0 spiro atoms. The predicted molar refractivity (Wildman–Crippen MR) is 111 cm³/mol. The predicted octanol–water partition coefficient (Wildman–Crippen LogP) is 4.44. The van der Waals surface area contributed by atoms with Crippen LogP contribution in [0, 0.1) is 0 Å². The van der Waals surface area contributed by atoms with E-state index in [2.05, 4.69) is 32.7 Å². The summed E-state index contributed by atoms with van der Waals surface area (Å²) in [6, 6.07) is 15.3. The first kappa shape index (κ1) is 19.6. The van der Waals surface area contributed by atoms with E-state index in [-0.39, 0.29) is 11.6 Å². The highest BCUT2D eigenvalue weighted by molar-refractivity contribution is 6.32. The Bertz CT molecular complexity index is 917. The van der Waals surface area contributed by atoms with Gasteiger partial charge in [-0.2, -0.15) is 0 Å². The molecule has 0 radical (unpaired) electrons. The van der Waals surface area contributed by atoms with Crippen molar-refractivity contribution in [3.8, 4) is 5.75 Å². The van der Waals surface area contributed by atoms with Gasteiger partial charge >= 0.3 is 0 Å². The molecule has 2 aromatic carbocycles. The lowest BCUT2D eigenvalue weighted by Gasteiger charge is -2.08. The fraction of sp³-hybridized carbons (Fsp3) is 0.190. The summed E-state index contributed by atoms with van der Waals surface area (Å²) >= 11 is 6.07. The number of methoxy groups -OCH3 is 1. The number of aromatic nitrogens is 2. The minimum Gasteiger partial charge on any atom is -0.495 e. The zero-order chi connectivity index (χ0) is 19.8. The van der Waals surface area contributed by atoms with E-state index in [9.17, 15) is 4.79 Å². The van der Waals surface area contributed by atoms with Crippen LogP contribution in [0.3, 0.4) is 0 Å². The molecule has 0 saturated carbocycles. The van der Waals surface area contributed by atoms with Crippen molar-refractivity contribution in [2.45, 2.75) is 12.8 Å². The number of carbonyl (C=O) groups excluding carboxylic acids is 1. The zero-order valence-electron chi connectivity index (χ0n) is 15.5. The number of rotatable bonds is 8. The van der Waals surface area contributed by atoms with Gasteiger partial charge in [-0.15, -0.1) is 0 Å². The van der Waals surface area contributed by atoms with E-state index in [1.807, 2.05) is 18.2 Å². The lowest BCUT2D eigenvalue weighted by atomic mass is 10.1. The zero-order valence-corrected chi connectivity index (χ0v) is 16.2. The number of nitrogens with zero attached hydrogens (tertiary/aromatic N) is 2. The molecule has 0 aliphatic carbocycles. The Balaban J connectivity index is 1.49. The molecular formula is C21H21ClN4O2. The van der Waals surface area contributed by atoms with Crippen molar-refractivity contribution in [3.63, 3.8) is 0 Å². The third kappa shape index (κ3) is 5.44. The van der Waals surface area contributed by atoms with Crippen LogP contribution in [0.4, 0.5) is 11.5 Å². The minimum atomic E-state index is -0.357. The quantitative estimate of drug-likeness (QED) is 0.550. The average Bonchev–Trinajstić information content (AvgIpc) is 2.72. The topological polar surface area (TPSA) is 76.1 Å². The normalized spacial score (nSPS) is 10.4. The maximum Gasteiger partial charge on any atom is 0.275 e. The highest BCUT2D eigenvalue weighted by Crippen LogP contribution is 2.27. The van der Waals surface area contributed by atoms with Gasteiger partial charge in [-0.05, 0) is 36.6 Å². The Hall–Kier alpha value is -3.12. The molecule has 0 atom stereocenters. The van der Waals surface area contributed by atoms with Gasteiger partial charge in [0, 0.05) is 12.2 Å². The van der Waals surface area contributed by atoms with E-state index in [1.54, 1.807) is 24.4 Å². The van der Waals surface area contributed by atoms with Crippen molar-refractivity contribution in [2.75, 3.05) is 24.3 Å². The summed E-state index contributed by atoms with van der Waals surface area (Å²) in [6.45, 7) is 0.777. The summed E-state index contributed by atoms with van der Waals surface area (Å²) in [4.78, 5) is 20.7. The van der Waals surface area contributed by atoms with Gasteiger partial charge in [-0.3, -0.25) is 4.79 Å². The molecule has 1 heterocycles. The van der Waals surface area contributed by atoms with Gasteiger partial charge in [0.1, 0.15) is 17.3 Å². The number of anilines is 2. The standard InChI is InChI=1S/C21H21ClN4O2/c1-28-19-10-9-16(12-17(19)22)26-21(27)18-13-25-20(14-24-18)23-11-5-8-15-6-3-2-4-7-15/h2-4,6-7,9-10,12-14H,5,8,11H2,1H3,(H,23,25)(H,26,27). The molecule has 0 saturated heterocycles. The summed E-state index contributed by atoms with van der Waals surface area (Å²) in [7, 11) is 1.53. The molecule has 0 unspecified atom stereocenters. The molecule has 3 rings (SSSR count). The van der Waals surface area contributed by atoms with Crippen molar-refractivity contribution >= 4 is 29.0 Å². The molecule has 0 aliphatic rings. The Morgan fingerprint density at radius 2 is 1.93 bits per heavy atom. The second kappa shape index (κ2) is 9.71. The van der Waals surface area contributed by atoms with Crippen molar-refractivity contribution in [3.05, 3.63) is 77.2 Å². The molecule has 2 N–H and O–H groups in total. The lowest BCUT2D eigenvalue weighted by molar-refractivity contribution is 0.102. The van der Waals surface area contributed by atoms with E-state index < -0.39 is 0 Å². The van der Waals surface area contributed by atoms with Crippen LogP contribution in [-0.2, 0) is 6.42 Å². The van der Waals surface area contributed by atoms with Crippen LogP contribution >= 0.6 is 11.6 Å². The SMILES string of the molecule is COc1ccc(NC(=O)c2cnc(NCCCc3ccccc3)cn2)cc1Cl. The number of ether oxygens (including phenoxy) is 1. The second-order valence-corrected chi connectivity index (χ2v) is 6.51. The van der Waals surface area contributed by atoms with Gasteiger partial charge in [-0.1, -0.05) is 41.9 Å². The number of halogens is 1. The molecule has 6 nitrogen and oxygen atoms in total. The molecule has 3 aromatic rings. The fourth-order valence-electron chi connectivity index (χ4n) is 2.63. The van der Waals surface area contributed by atoms with E-state index >= 15 is 0 Å². The smallest absolute Gasteiger partial charge is 0.275 e. The number of hydrogen-bond donors (Lipinski definition) is 2. The average molecular weight is 397 g/mol. The van der Waals surface area contributed by atoms with Gasteiger partial charge in [0.25, 0.3) is 5.91 Å². The maximum atomic E-state index is 12.3. The second-order valence-electron chi connectivity index (χ2n) is 6.11. The summed E-state index contributed by atoms with van der Waals surface area (Å²) < 4.78 is 5.09. The van der Waals surface area contributed by atoms with Crippen molar-refractivity contribution in [1.29, 1.82) is 0 Å². The number of aryl methyl sites for hydroxylation is 1. The molecule has 28 heavy (non-hydrogen) atoms. The Kier molecular flexibility index (Phi) is 6.81. The highest BCUT2D eigenvalue weighted by atomic mass is 35.5. The third-order valence-corrected chi connectivity index (χ3v) is 4.38. The lowest BCUT2D eigenvalue weighted by Crippen LogP contribution is -2.14. The van der Waals surface area contributed by atoms with Crippen LogP contribution < -0.4 is 15.4 Å². The van der Waals surface area contributed by atoms with Crippen LogP contribution in [0.2, 0.25) is 5.02 Å². The van der Waals surface area contributed by atoms with Crippen molar-refractivity contribution in [1.82, 2.24) is 9.97 Å². The summed E-state index contributed by atoms with van der Waals surface area (Å²) in [5.41, 5.74) is 2.09. The molecule has 0 bridgehead atoms. The largest absolute Gasteiger partial charge is 0.495 e. The minimum absolute atomic E-state index is 0.224. The van der Waals surface area contributed by atoms with Crippen LogP contribution in [-0.4, -0.2) is 29.5 Å². The van der Waals surface area contributed by atoms with E-state index in [1.165, 1.54) is 18.9 Å². The summed E-state index contributed by atoms with van der Waals surface area (Å²) in [5, 5.41) is 6.37. The van der Waals surface area contributed by atoms with Crippen LogP contribution in [0.5, 0.6) is 5.75 Å². The molecule has 0 fully saturated rings. The first-order chi connectivity index (χ1) is 13.7. The third-order valence-electron chi connectivity index (χ3n) is 4.09. The Morgan fingerprint density at radius 1 is 1.11 bits per heavy atom. The van der Waals surface area contributed by atoms with Gasteiger partial charge in [0.15, 0.2) is 0 Å². The number of amides is 1. The number of carbonyl (C=O) groups is 1. The van der Waals surface area contributed by atoms with Crippen molar-refractivity contribution < 1.29 is 9.53 Å². The van der Waals surface area contributed by atoms with Crippen LogP contribution in [0.15, 0.2) is 60.9 Å². The Morgan fingerprint density at radius 3 is 2.61 bits per heavy atom. The molecule has 1 aromatic heterocycles. The fourth-order valence-corrected chi connectivity index (χ4v) is 2.89. The Labute approximate surface area is 168 Å². The first-order valence-corrected chi connectivity index (χ1v) is 9.28. The number of benzene rings is 2.